The minimum atomic E-state index is -0.988. The molecule has 0 unspecified atom stereocenters. The van der Waals surface area contributed by atoms with Crippen molar-refractivity contribution in [2.45, 2.75) is 52.1 Å². The molecule has 1 amide bonds. The number of nitrogens with one attached hydrogen (secondary N) is 1. The third-order valence-corrected chi connectivity index (χ3v) is 3.58. The minimum absolute atomic E-state index is 0.237. The maximum absolute atomic E-state index is 12.4. The number of hydrogen-bond acceptors (Lipinski definition) is 4. The van der Waals surface area contributed by atoms with Gasteiger partial charge in [-0.1, -0.05) is 20.8 Å². The Morgan fingerprint density at radius 2 is 2.00 bits per heavy atom. The van der Waals surface area contributed by atoms with E-state index in [9.17, 15) is 15.0 Å². The van der Waals surface area contributed by atoms with Gasteiger partial charge < -0.3 is 15.5 Å². The number of aryl methyl sites for hydroxylation is 1. The Morgan fingerprint density at radius 1 is 1.40 bits per heavy atom. The van der Waals surface area contributed by atoms with Gasteiger partial charge in [0.1, 0.15) is 5.69 Å². The zero-order valence-electron chi connectivity index (χ0n) is 12.7. The van der Waals surface area contributed by atoms with Crippen LogP contribution in [-0.4, -0.2) is 44.7 Å². The maximum Gasteiger partial charge on any atom is 0.270 e. The molecule has 6 nitrogen and oxygen atoms in total. The summed E-state index contributed by atoms with van der Waals surface area (Å²) in [5.74, 6) is -0.0860. The van der Waals surface area contributed by atoms with Gasteiger partial charge in [-0.15, -0.1) is 0 Å². The van der Waals surface area contributed by atoms with Gasteiger partial charge in [-0.2, -0.15) is 5.10 Å². The fraction of sp³-hybridized carbons (Fsp3) is 0.714. The third kappa shape index (κ3) is 3.37. The van der Waals surface area contributed by atoms with Crippen LogP contribution >= 0.6 is 0 Å². The molecule has 20 heavy (non-hydrogen) atoms. The summed E-state index contributed by atoms with van der Waals surface area (Å²) in [6.07, 6.45) is 0.447. The number of hydrogen-bond donors (Lipinski definition) is 3. The van der Waals surface area contributed by atoms with Crippen LogP contribution in [0, 0.1) is 0 Å². The molecule has 0 aliphatic carbocycles. The van der Waals surface area contributed by atoms with Crippen LogP contribution in [-0.2, 0) is 6.54 Å². The number of carbonyl (C=O) groups is 1. The summed E-state index contributed by atoms with van der Waals surface area (Å²) in [7, 11) is 0. The van der Waals surface area contributed by atoms with E-state index >= 15 is 0 Å². The molecule has 0 saturated carbocycles. The molecule has 1 rings (SSSR count). The van der Waals surface area contributed by atoms with E-state index < -0.39 is 5.54 Å². The smallest absolute Gasteiger partial charge is 0.270 e. The van der Waals surface area contributed by atoms with Crippen molar-refractivity contribution < 1.29 is 15.0 Å². The van der Waals surface area contributed by atoms with Crippen molar-refractivity contribution in [3.63, 3.8) is 0 Å². The fourth-order valence-corrected chi connectivity index (χ4v) is 1.89. The van der Waals surface area contributed by atoms with Gasteiger partial charge in [0.05, 0.1) is 24.4 Å². The zero-order chi connectivity index (χ0) is 15.3. The van der Waals surface area contributed by atoms with Crippen LogP contribution in [0.3, 0.4) is 0 Å². The molecule has 0 spiro atoms. The monoisotopic (exact) mass is 283 g/mol. The first kappa shape index (κ1) is 16.7. The summed E-state index contributed by atoms with van der Waals surface area (Å²) in [4.78, 5) is 12.4. The van der Waals surface area contributed by atoms with Crippen LogP contribution in [0.15, 0.2) is 6.07 Å². The first-order chi connectivity index (χ1) is 9.42. The van der Waals surface area contributed by atoms with Gasteiger partial charge >= 0.3 is 0 Å². The van der Waals surface area contributed by atoms with Crippen molar-refractivity contribution in [1.82, 2.24) is 15.1 Å². The first-order valence-corrected chi connectivity index (χ1v) is 7.05. The summed E-state index contributed by atoms with van der Waals surface area (Å²) in [5, 5.41) is 25.9. The van der Waals surface area contributed by atoms with Crippen molar-refractivity contribution in [1.29, 1.82) is 0 Å². The molecule has 1 aromatic heterocycles. The number of carbonyl (C=O) groups excluding carboxylic acids is 1. The molecule has 0 atom stereocenters. The molecule has 0 radical (unpaired) electrons. The Bertz CT molecular complexity index is 442. The Hall–Kier alpha value is -1.40. The van der Waals surface area contributed by atoms with E-state index in [1.54, 1.807) is 10.7 Å². The van der Waals surface area contributed by atoms with Crippen LogP contribution in [0.5, 0.6) is 0 Å². The molecule has 0 aliphatic rings. The summed E-state index contributed by atoms with van der Waals surface area (Å²) in [6.45, 7) is 7.74. The third-order valence-electron chi connectivity index (χ3n) is 3.58. The van der Waals surface area contributed by atoms with Crippen LogP contribution in [0.1, 0.15) is 56.2 Å². The lowest BCUT2D eigenvalue weighted by atomic mass is 9.98. The van der Waals surface area contributed by atoms with E-state index in [0.717, 1.165) is 5.69 Å². The molecule has 1 heterocycles. The Balaban J connectivity index is 3.02. The second-order valence-corrected chi connectivity index (χ2v) is 5.33. The molecule has 114 valence electrons. The summed E-state index contributed by atoms with van der Waals surface area (Å²) in [5.41, 5.74) is 0.320. The van der Waals surface area contributed by atoms with Crippen molar-refractivity contribution in [3.05, 3.63) is 17.5 Å². The van der Waals surface area contributed by atoms with Crippen molar-refractivity contribution in [2.24, 2.45) is 0 Å². The molecule has 0 saturated heterocycles. The van der Waals surface area contributed by atoms with Crippen molar-refractivity contribution >= 4 is 5.91 Å². The highest BCUT2D eigenvalue weighted by molar-refractivity contribution is 5.93. The lowest BCUT2D eigenvalue weighted by molar-refractivity contribution is 0.0645. The number of aliphatic hydroxyl groups excluding tert-OH is 2. The molecular weight excluding hydrogens is 258 g/mol. The van der Waals surface area contributed by atoms with E-state index in [2.05, 4.69) is 10.4 Å². The maximum atomic E-state index is 12.4. The average Bonchev–Trinajstić information content (AvgIpc) is 2.89. The highest BCUT2D eigenvalue weighted by Crippen LogP contribution is 2.16. The molecular formula is C14H25N3O3. The van der Waals surface area contributed by atoms with Gasteiger partial charge in [-0.05, 0) is 25.3 Å². The van der Waals surface area contributed by atoms with Gasteiger partial charge in [0.15, 0.2) is 0 Å². The zero-order valence-corrected chi connectivity index (χ0v) is 12.7. The first-order valence-electron chi connectivity index (χ1n) is 7.05. The Morgan fingerprint density at radius 3 is 2.40 bits per heavy atom. The minimum Gasteiger partial charge on any atom is -0.394 e. The topological polar surface area (TPSA) is 87.4 Å². The van der Waals surface area contributed by atoms with Crippen LogP contribution < -0.4 is 5.32 Å². The summed E-state index contributed by atoms with van der Waals surface area (Å²) in [6, 6.07) is 1.76. The van der Waals surface area contributed by atoms with Crippen LogP contribution in [0.4, 0.5) is 0 Å². The SMILES string of the molecule is CCn1nc(C(C)C)cc1C(=O)NC(CC)(CO)CO. The van der Waals surface area contributed by atoms with Gasteiger partial charge in [-0.25, -0.2) is 0 Å². The van der Waals surface area contributed by atoms with E-state index in [4.69, 9.17) is 0 Å². The van der Waals surface area contributed by atoms with Crippen molar-refractivity contribution in [2.75, 3.05) is 13.2 Å². The number of rotatable bonds is 7. The number of amides is 1. The second kappa shape index (κ2) is 6.85. The molecule has 3 N–H and O–H groups in total. The van der Waals surface area contributed by atoms with Gasteiger partial charge in [0, 0.05) is 6.54 Å². The molecule has 6 heteroatoms. The predicted molar refractivity (Wildman–Crippen MR) is 76.6 cm³/mol. The standard InChI is InChI=1S/C14H25N3O3/c1-5-14(8-18,9-19)15-13(20)12-7-11(10(3)4)16-17(12)6-2/h7,10,18-19H,5-6,8-9H2,1-4H3,(H,15,20). The molecule has 0 fully saturated rings. The van der Waals surface area contributed by atoms with Crippen molar-refractivity contribution in [3.8, 4) is 0 Å². The predicted octanol–water partition coefficient (Wildman–Crippen LogP) is 0.890. The van der Waals surface area contributed by atoms with E-state index in [1.165, 1.54) is 0 Å². The van der Waals surface area contributed by atoms with E-state index in [-0.39, 0.29) is 25.0 Å². The molecule has 0 aromatic carbocycles. The second-order valence-electron chi connectivity index (χ2n) is 5.33. The Kier molecular flexibility index (Phi) is 5.71. The summed E-state index contributed by atoms with van der Waals surface area (Å²) < 4.78 is 1.64. The lowest BCUT2D eigenvalue weighted by Crippen LogP contribution is -2.54. The number of aromatic nitrogens is 2. The quantitative estimate of drug-likeness (QED) is 0.693. The van der Waals surface area contributed by atoms with E-state index in [0.29, 0.717) is 18.7 Å². The highest BCUT2D eigenvalue weighted by atomic mass is 16.3. The number of nitrogens with zero attached hydrogens (tertiary/aromatic N) is 2. The summed E-state index contributed by atoms with van der Waals surface area (Å²) >= 11 is 0. The highest BCUT2D eigenvalue weighted by Gasteiger charge is 2.30. The molecule has 0 aliphatic heterocycles. The normalized spacial score (nSPS) is 11.9. The van der Waals surface area contributed by atoms with Crippen LogP contribution in [0.25, 0.3) is 0 Å². The average molecular weight is 283 g/mol. The van der Waals surface area contributed by atoms with Gasteiger partial charge in [0.25, 0.3) is 5.91 Å². The largest absolute Gasteiger partial charge is 0.394 e. The van der Waals surface area contributed by atoms with Crippen LogP contribution in [0.2, 0.25) is 0 Å². The number of aliphatic hydroxyl groups is 2. The Labute approximate surface area is 119 Å². The van der Waals surface area contributed by atoms with Gasteiger partial charge in [0.2, 0.25) is 0 Å². The van der Waals surface area contributed by atoms with E-state index in [1.807, 2.05) is 27.7 Å². The molecule has 0 bridgehead atoms. The van der Waals surface area contributed by atoms with Gasteiger partial charge in [-0.3, -0.25) is 9.48 Å². The molecule has 1 aromatic rings. The fourth-order valence-electron chi connectivity index (χ4n) is 1.89. The lowest BCUT2D eigenvalue weighted by Gasteiger charge is -2.29.